The van der Waals surface area contributed by atoms with Gasteiger partial charge in [-0.05, 0) is 42.8 Å². The lowest BCUT2D eigenvalue weighted by atomic mass is 10.1. The van der Waals surface area contributed by atoms with Crippen LogP contribution in [0.15, 0.2) is 41.3 Å². The van der Waals surface area contributed by atoms with Gasteiger partial charge in [-0.1, -0.05) is 17.7 Å². The van der Waals surface area contributed by atoms with E-state index in [9.17, 15) is 13.2 Å². The second kappa shape index (κ2) is 6.16. The third kappa shape index (κ3) is 3.38. The van der Waals surface area contributed by atoms with E-state index in [0.29, 0.717) is 22.1 Å². The third-order valence-electron chi connectivity index (χ3n) is 3.95. The van der Waals surface area contributed by atoms with Crippen LogP contribution in [0, 0.1) is 6.92 Å². The molecular weight excluding hydrogens is 362 g/mol. The molecule has 1 aromatic heterocycles. The summed E-state index contributed by atoms with van der Waals surface area (Å²) < 4.78 is 25.2. The van der Waals surface area contributed by atoms with Crippen LogP contribution in [0.1, 0.15) is 15.9 Å². The van der Waals surface area contributed by atoms with Crippen molar-refractivity contribution in [1.29, 1.82) is 0 Å². The van der Waals surface area contributed by atoms with Gasteiger partial charge < -0.3 is 4.57 Å². The zero-order chi connectivity index (χ0) is 18.4. The number of nitrogens with zero attached hydrogens (tertiary/aromatic N) is 2. The number of rotatable bonds is 3. The molecule has 3 aromatic rings. The summed E-state index contributed by atoms with van der Waals surface area (Å²) in [6.45, 7) is 1.75. The molecule has 0 aliphatic carbocycles. The molecule has 1 heterocycles. The van der Waals surface area contributed by atoms with Gasteiger partial charge in [-0.25, -0.2) is 13.4 Å². The second-order valence-electron chi connectivity index (χ2n) is 5.83. The smallest absolute Gasteiger partial charge is 0.258 e. The Balaban J connectivity index is 1.99. The predicted molar refractivity (Wildman–Crippen MR) is 98.0 cm³/mol. The molecule has 25 heavy (non-hydrogen) atoms. The van der Waals surface area contributed by atoms with Crippen molar-refractivity contribution in [3.05, 3.63) is 52.5 Å². The Morgan fingerprint density at radius 3 is 2.60 bits per heavy atom. The van der Waals surface area contributed by atoms with E-state index in [2.05, 4.69) is 10.3 Å². The van der Waals surface area contributed by atoms with Gasteiger partial charge in [0, 0.05) is 23.9 Å². The number of halogens is 1. The number of aryl methyl sites for hydroxylation is 2. The molecule has 0 fully saturated rings. The summed E-state index contributed by atoms with van der Waals surface area (Å²) in [6.07, 6.45) is 1.11. The summed E-state index contributed by atoms with van der Waals surface area (Å²) >= 11 is 5.97. The van der Waals surface area contributed by atoms with E-state index in [-0.39, 0.29) is 10.5 Å². The Labute approximate surface area is 150 Å². The number of hydrogen-bond donors (Lipinski definition) is 1. The lowest BCUT2D eigenvalue weighted by Crippen LogP contribution is -2.17. The zero-order valence-corrected chi connectivity index (χ0v) is 15.4. The predicted octanol–water partition coefficient (Wildman–Crippen LogP) is 3.19. The molecule has 2 aromatic carbocycles. The average Bonchev–Trinajstić information content (AvgIpc) is 2.81. The van der Waals surface area contributed by atoms with Crippen LogP contribution in [0.25, 0.3) is 11.0 Å². The number of hydrogen-bond acceptors (Lipinski definition) is 4. The van der Waals surface area contributed by atoms with Crippen molar-refractivity contribution < 1.29 is 13.2 Å². The quantitative estimate of drug-likeness (QED) is 0.760. The molecule has 1 amide bonds. The number of carbonyl (C=O) groups excluding carboxylic acids is 1. The van der Waals surface area contributed by atoms with Gasteiger partial charge in [0.05, 0.1) is 15.9 Å². The molecule has 6 nitrogen and oxygen atoms in total. The monoisotopic (exact) mass is 377 g/mol. The van der Waals surface area contributed by atoms with Crippen molar-refractivity contribution >= 4 is 44.3 Å². The lowest BCUT2D eigenvalue weighted by molar-refractivity contribution is 0.102. The molecule has 0 unspecified atom stereocenters. The second-order valence-corrected chi connectivity index (χ2v) is 8.28. The van der Waals surface area contributed by atoms with Gasteiger partial charge in [0.25, 0.3) is 5.91 Å². The highest BCUT2D eigenvalue weighted by Crippen LogP contribution is 2.23. The number of imidazole rings is 1. The molecule has 0 aliphatic heterocycles. The highest BCUT2D eigenvalue weighted by atomic mass is 35.5. The minimum absolute atomic E-state index is 0.0973. The summed E-state index contributed by atoms with van der Waals surface area (Å²) in [4.78, 5) is 17.1. The number of sulfone groups is 1. The van der Waals surface area contributed by atoms with Crippen LogP contribution in [0.2, 0.25) is 5.02 Å². The maximum absolute atomic E-state index is 12.6. The first-order valence-electron chi connectivity index (χ1n) is 7.41. The number of benzene rings is 2. The normalized spacial score (nSPS) is 11.7. The topological polar surface area (TPSA) is 81.1 Å². The summed E-state index contributed by atoms with van der Waals surface area (Å²) in [5, 5.41) is 3.29. The molecule has 0 saturated heterocycles. The molecule has 0 aliphatic rings. The van der Waals surface area contributed by atoms with Crippen molar-refractivity contribution in [2.24, 2.45) is 7.05 Å². The molecule has 0 saturated carbocycles. The van der Waals surface area contributed by atoms with Crippen LogP contribution in [0.4, 0.5) is 5.95 Å². The molecule has 0 spiro atoms. The molecule has 8 heteroatoms. The summed E-state index contributed by atoms with van der Waals surface area (Å²) in [7, 11) is -1.62. The van der Waals surface area contributed by atoms with Crippen LogP contribution in [0.5, 0.6) is 0 Å². The van der Waals surface area contributed by atoms with E-state index in [1.807, 2.05) is 6.07 Å². The van der Waals surface area contributed by atoms with Crippen LogP contribution < -0.4 is 5.32 Å². The first kappa shape index (κ1) is 17.4. The highest BCUT2D eigenvalue weighted by Gasteiger charge is 2.17. The van der Waals surface area contributed by atoms with Gasteiger partial charge in [0.2, 0.25) is 5.95 Å². The van der Waals surface area contributed by atoms with Crippen LogP contribution in [0.3, 0.4) is 0 Å². The summed E-state index contributed by atoms with van der Waals surface area (Å²) in [5.74, 6) is -0.0704. The molecule has 1 N–H and O–H groups in total. The van der Waals surface area contributed by atoms with Crippen molar-refractivity contribution in [3.8, 4) is 0 Å². The minimum atomic E-state index is -3.40. The van der Waals surface area contributed by atoms with Crippen molar-refractivity contribution in [3.63, 3.8) is 0 Å². The number of nitrogens with one attached hydrogen (secondary N) is 1. The van der Waals surface area contributed by atoms with Crippen molar-refractivity contribution in [2.75, 3.05) is 11.6 Å². The zero-order valence-electron chi connectivity index (χ0n) is 13.9. The Kier molecular flexibility index (Phi) is 4.30. The Morgan fingerprint density at radius 1 is 1.20 bits per heavy atom. The Morgan fingerprint density at radius 2 is 1.92 bits per heavy atom. The van der Waals surface area contributed by atoms with Crippen molar-refractivity contribution in [1.82, 2.24) is 9.55 Å². The standard InChI is InChI=1S/C17H16ClN3O3S/c1-10-4-6-12(25(3,23)24)9-13(10)16(22)20-17-19-14-8-11(18)5-7-15(14)21(17)2/h4-9H,1-3H3,(H,19,20,22). The number of amides is 1. The number of carbonyl (C=O) groups is 1. The van der Waals surface area contributed by atoms with Crippen molar-refractivity contribution in [2.45, 2.75) is 11.8 Å². The van der Waals surface area contributed by atoms with E-state index in [0.717, 1.165) is 11.8 Å². The van der Waals surface area contributed by atoms with E-state index in [1.165, 1.54) is 12.1 Å². The Hall–Kier alpha value is -2.38. The van der Waals surface area contributed by atoms with Crippen LogP contribution in [-0.2, 0) is 16.9 Å². The van der Waals surface area contributed by atoms with E-state index >= 15 is 0 Å². The Bertz CT molecular complexity index is 1100. The summed E-state index contributed by atoms with van der Waals surface area (Å²) in [6, 6.07) is 9.74. The largest absolute Gasteiger partial charge is 0.313 e. The van der Waals surface area contributed by atoms with E-state index in [1.54, 1.807) is 36.7 Å². The average molecular weight is 378 g/mol. The molecule has 0 bridgehead atoms. The first-order valence-corrected chi connectivity index (χ1v) is 9.68. The SMILES string of the molecule is Cc1ccc(S(C)(=O)=O)cc1C(=O)Nc1nc2cc(Cl)ccc2n1C. The molecule has 130 valence electrons. The van der Waals surface area contributed by atoms with Gasteiger partial charge in [0.15, 0.2) is 9.84 Å². The molecular formula is C17H16ClN3O3S. The number of anilines is 1. The number of fused-ring (bicyclic) bond motifs is 1. The first-order chi connectivity index (χ1) is 11.7. The molecule has 3 rings (SSSR count). The summed E-state index contributed by atoms with van der Waals surface area (Å²) in [5.41, 5.74) is 2.44. The fourth-order valence-electron chi connectivity index (χ4n) is 2.53. The maximum Gasteiger partial charge on any atom is 0.258 e. The molecule has 0 radical (unpaired) electrons. The van der Waals surface area contributed by atoms with Gasteiger partial charge in [0.1, 0.15) is 0 Å². The van der Waals surface area contributed by atoms with Crippen LogP contribution >= 0.6 is 11.6 Å². The molecule has 0 atom stereocenters. The third-order valence-corrected chi connectivity index (χ3v) is 5.30. The fraction of sp³-hybridized carbons (Fsp3) is 0.176. The van der Waals surface area contributed by atoms with Gasteiger partial charge >= 0.3 is 0 Å². The minimum Gasteiger partial charge on any atom is -0.313 e. The number of aromatic nitrogens is 2. The van der Waals surface area contributed by atoms with Gasteiger partial charge in [-0.15, -0.1) is 0 Å². The maximum atomic E-state index is 12.6. The van der Waals surface area contributed by atoms with Crippen LogP contribution in [-0.4, -0.2) is 30.1 Å². The highest BCUT2D eigenvalue weighted by molar-refractivity contribution is 7.90. The fourth-order valence-corrected chi connectivity index (χ4v) is 3.34. The van der Waals surface area contributed by atoms with E-state index < -0.39 is 15.7 Å². The van der Waals surface area contributed by atoms with Gasteiger partial charge in [-0.3, -0.25) is 10.1 Å². The van der Waals surface area contributed by atoms with Gasteiger partial charge in [-0.2, -0.15) is 0 Å². The lowest BCUT2D eigenvalue weighted by Gasteiger charge is -2.09. The van der Waals surface area contributed by atoms with E-state index in [4.69, 9.17) is 11.6 Å².